The van der Waals surface area contributed by atoms with E-state index < -0.39 is 0 Å². The van der Waals surface area contributed by atoms with E-state index in [1.165, 1.54) is 60.8 Å². The summed E-state index contributed by atoms with van der Waals surface area (Å²) in [4.78, 5) is 0. The molecule has 0 aromatic heterocycles. The van der Waals surface area contributed by atoms with Crippen LogP contribution < -0.4 is 9.47 Å². The minimum atomic E-state index is 0.143. The molecule has 0 amide bonds. The van der Waals surface area contributed by atoms with Gasteiger partial charge in [-0.05, 0) is 85.0 Å². The number of ether oxygens (including phenoxy) is 2. The zero-order valence-corrected chi connectivity index (χ0v) is 14.0. The highest BCUT2D eigenvalue weighted by molar-refractivity contribution is 5.53. The summed E-state index contributed by atoms with van der Waals surface area (Å²) in [5.41, 5.74) is 6.10. The molecular weight excluding hydrogens is 284 g/mol. The SMILES string of the molecule is COc1ccc2c(c1)C1(CCC2)CCCc2ccc(OC)cc21. The summed E-state index contributed by atoms with van der Waals surface area (Å²) in [6.45, 7) is 0. The minimum absolute atomic E-state index is 0.143. The van der Waals surface area contributed by atoms with Gasteiger partial charge in [0.2, 0.25) is 0 Å². The van der Waals surface area contributed by atoms with E-state index in [9.17, 15) is 0 Å². The van der Waals surface area contributed by atoms with Crippen LogP contribution in [0.1, 0.15) is 47.9 Å². The van der Waals surface area contributed by atoms with Crippen molar-refractivity contribution in [2.45, 2.75) is 43.9 Å². The molecule has 0 aliphatic heterocycles. The second-order valence-corrected chi connectivity index (χ2v) is 6.84. The lowest BCUT2D eigenvalue weighted by atomic mass is 9.60. The summed E-state index contributed by atoms with van der Waals surface area (Å²) in [5.74, 6) is 1.94. The molecule has 120 valence electrons. The van der Waals surface area contributed by atoms with Crippen LogP contribution in [0.2, 0.25) is 0 Å². The van der Waals surface area contributed by atoms with Crippen molar-refractivity contribution in [1.29, 1.82) is 0 Å². The third-order valence-corrected chi connectivity index (χ3v) is 5.76. The molecule has 0 bridgehead atoms. The number of rotatable bonds is 2. The Morgan fingerprint density at radius 2 is 1.22 bits per heavy atom. The van der Waals surface area contributed by atoms with Gasteiger partial charge in [0.15, 0.2) is 0 Å². The normalized spacial score (nSPS) is 18.2. The lowest BCUT2D eigenvalue weighted by molar-refractivity contribution is 0.358. The van der Waals surface area contributed by atoms with Gasteiger partial charge in [-0.2, -0.15) is 0 Å². The van der Waals surface area contributed by atoms with E-state index in [2.05, 4.69) is 36.4 Å². The fraction of sp³-hybridized carbons (Fsp3) is 0.429. The lowest BCUT2D eigenvalue weighted by Crippen LogP contribution is -2.36. The zero-order valence-electron chi connectivity index (χ0n) is 14.0. The quantitative estimate of drug-likeness (QED) is 0.803. The molecule has 0 unspecified atom stereocenters. The summed E-state index contributed by atoms with van der Waals surface area (Å²) in [6, 6.07) is 13.3. The first-order chi connectivity index (χ1) is 11.3. The maximum atomic E-state index is 5.52. The molecular formula is C21H24O2. The molecule has 2 aliphatic rings. The van der Waals surface area contributed by atoms with Crippen LogP contribution in [0.4, 0.5) is 0 Å². The van der Waals surface area contributed by atoms with E-state index in [0.717, 1.165) is 11.5 Å². The highest BCUT2D eigenvalue weighted by atomic mass is 16.5. The van der Waals surface area contributed by atoms with Crippen molar-refractivity contribution in [1.82, 2.24) is 0 Å². The fourth-order valence-electron chi connectivity index (χ4n) is 4.66. The molecule has 2 aliphatic carbocycles. The van der Waals surface area contributed by atoms with Crippen molar-refractivity contribution < 1.29 is 9.47 Å². The number of benzene rings is 2. The van der Waals surface area contributed by atoms with Gasteiger partial charge in [-0.3, -0.25) is 0 Å². The Hall–Kier alpha value is -1.96. The Kier molecular flexibility index (Phi) is 3.56. The average molecular weight is 308 g/mol. The van der Waals surface area contributed by atoms with Gasteiger partial charge >= 0.3 is 0 Å². The smallest absolute Gasteiger partial charge is 0.119 e. The van der Waals surface area contributed by atoms with E-state index in [1.54, 1.807) is 14.2 Å². The van der Waals surface area contributed by atoms with Crippen molar-refractivity contribution in [3.05, 3.63) is 58.7 Å². The second kappa shape index (κ2) is 5.59. The summed E-state index contributed by atoms with van der Waals surface area (Å²) in [5, 5.41) is 0. The molecule has 4 rings (SSSR count). The van der Waals surface area contributed by atoms with Gasteiger partial charge in [0.25, 0.3) is 0 Å². The van der Waals surface area contributed by atoms with Crippen molar-refractivity contribution in [3.63, 3.8) is 0 Å². The van der Waals surface area contributed by atoms with Gasteiger partial charge in [-0.25, -0.2) is 0 Å². The molecule has 0 fully saturated rings. The summed E-state index contributed by atoms with van der Waals surface area (Å²) >= 11 is 0. The molecule has 0 radical (unpaired) electrons. The predicted octanol–water partition coefficient (Wildman–Crippen LogP) is 4.66. The Labute approximate surface area is 138 Å². The van der Waals surface area contributed by atoms with Crippen LogP contribution in [0.3, 0.4) is 0 Å². The van der Waals surface area contributed by atoms with Gasteiger partial charge < -0.3 is 9.47 Å². The first kappa shape index (κ1) is 14.6. The van der Waals surface area contributed by atoms with E-state index in [-0.39, 0.29) is 5.41 Å². The highest BCUT2D eigenvalue weighted by Gasteiger charge is 2.41. The predicted molar refractivity (Wildman–Crippen MR) is 92.6 cm³/mol. The van der Waals surface area contributed by atoms with E-state index >= 15 is 0 Å². The molecule has 2 heteroatoms. The van der Waals surface area contributed by atoms with Gasteiger partial charge in [0.1, 0.15) is 11.5 Å². The molecule has 2 aromatic carbocycles. The van der Waals surface area contributed by atoms with E-state index in [0.29, 0.717) is 0 Å². The molecule has 1 spiro atoms. The minimum Gasteiger partial charge on any atom is -0.497 e. The van der Waals surface area contributed by atoms with Crippen LogP contribution in [0.5, 0.6) is 11.5 Å². The van der Waals surface area contributed by atoms with E-state index in [4.69, 9.17) is 9.47 Å². The van der Waals surface area contributed by atoms with Crippen molar-refractivity contribution in [2.75, 3.05) is 14.2 Å². The van der Waals surface area contributed by atoms with Crippen LogP contribution in [-0.4, -0.2) is 14.2 Å². The van der Waals surface area contributed by atoms with Gasteiger partial charge in [-0.15, -0.1) is 0 Å². The molecule has 0 atom stereocenters. The van der Waals surface area contributed by atoms with Crippen LogP contribution in [0.15, 0.2) is 36.4 Å². The third-order valence-electron chi connectivity index (χ3n) is 5.76. The van der Waals surface area contributed by atoms with Crippen LogP contribution in [0, 0.1) is 0 Å². The van der Waals surface area contributed by atoms with Crippen molar-refractivity contribution in [2.24, 2.45) is 0 Å². The maximum absolute atomic E-state index is 5.52. The maximum Gasteiger partial charge on any atom is 0.119 e. The largest absolute Gasteiger partial charge is 0.497 e. The standard InChI is InChI=1S/C21H24O2/c1-22-17-9-7-15-5-3-11-21(19(15)13-17)12-4-6-16-8-10-18(23-2)14-20(16)21/h7-10,13-14H,3-6,11-12H2,1-2H3. The van der Waals surface area contributed by atoms with Crippen molar-refractivity contribution >= 4 is 0 Å². The molecule has 0 saturated carbocycles. The Bertz CT molecular complexity index is 669. The third kappa shape index (κ3) is 2.23. The molecule has 2 aromatic rings. The topological polar surface area (TPSA) is 18.5 Å². The first-order valence-electron chi connectivity index (χ1n) is 8.62. The Balaban J connectivity index is 1.94. The fourth-order valence-corrected chi connectivity index (χ4v) is 4.66. The molecule has 2 nitrogen and oxygen atoms in total. The van der Waals surface area contributed by atoms with E-state index in [1.807, 2.05) is 0 Å². The van der Waals surface area contributed by atoms with Crippen LogP contribution in [0.25, 0.3) is 0 Å². The Morgan fingerprint density at radius 1 is 0.739 bits per heavy atom. The number of hydrogen-bond acceptors (Lipinski definition) is 2. The second-order valence-electron chi connectivity index (χ2n) is 6.84. The monoisotopic (exact) mass is 308 g/mol. The molecule has 0 N–H and O–H groups in total. The number of fused-ring (bicyclic) bond motifs is 4. The van der Waals surface area contributed by atoms with Crippen LogP contribution in [-0.2, 0) is 18.3 Å². The zero-order chi connectivity index (χ0) is 15.9. The van der Waals surface area contributed by atoms with Gasteiger partial charge in [-0.1, -0.05) is 12.1 Å². The average Bonchev–Trinajstić information content (AvgIpc) is 2.62. The number of aryl methyl sites for hydroxylation is 2. The lowest BCUT2D eigenvalue weighted by Gasteiger charge is -2.44. The summed E-state index contributed by atoms with van der Waals surface area (Å²) in [6.07, 6.45) is 7.34. The molecule has 0 saturated heterocycles. The molecule has 0 heterocycles. The number of hydrogen-bond donors (Lipinski definition) is 0. The van der Waals surface area contributed by atoms with Gasteiger partial charge in [0.05, 0.1) is 14.2 Å². The molecule has 23 heavy (non-hydrogen) atoms. The highest BCUT2D eigenvalue weighted by Crippen LogP contribution is 2.51. The number of methoxy groups -OCH3 is 2. The summed E-state index contributed by atoms with van der Waals surface area (Å²) in [7, 11) is 3.52. The Morgan fingerprint density at radius 3 is 1.65 bits per heavy atom. The summed E-state index contributed by atoms with van der Waals surface area (Å²) < 4.78 is 11.0. The van der Waals surface area contributed by atoms with Crippen LogP contribution >= 0.6 is 0 Å². The first-order valence-corrected chi connectivity index (χ1v) is 8.62. The van der Waals surface area contributed by atoms with Gasteiger partial charge in [0, 0.05) is 5.41 Å². The van der Waals surface area contributed by atoms with Crippen molar-refractivity contribution in [3.8, 4) is 11.5 Å².